The monoisotopic (exact) mass is 261 g/mol. The molecule has 0 aliphatic rings. The highest BCUT2D eigenvalue weighted by Crippen LogP contribution is 2.29. The van der Waals surface area contributed by atoms with Crippen LogP contribution in [0.5, 0.6) is 5.75 Å². The van der Waals surface area contributed by atoms with Gasteiger partial charge < -0.3 is 15.6 Å². The summed E-state index contributed by atoms with van der Waals surface area (Å²) in [6.07, 6.45) is 0. The molecule has 1 aromatic rings. The number of aromatic hydroxyl groups is 1. The summed E-state index contributed by atoms with van der Waals surface area (Å²) in [5, 5.41) is 9.48. The standard InChI is InChI=1S/C9H11NO6S/c1-2-16-9(12)6-3-5(17(13,14)15)4-7(10)8(6)11/h3-4,11H,2,10H2,1H3,(H,13,14,15). The van der Waals surface area contributed by atoms with Crippen molar-refractivity contribution < 1.29 is 27.6 Å². The number of phenols is 1. The van der Waals surface area contributed by atoms with Gasteiger partial charge in [0.1, 0.15) is 5.56 Å². The molecule has 0 heterocycles. The Labute approximate surface area is 97.6 Å². The van der Waals surface area contributed by atoms with Crippen LogP contribution in [0.15, 0.2) is 17.0 Å². The summed E-state index contributed by atoms with van der Waals surface area (Å²) in [5.74, 6) is -1.52. The third kappa shape index (κ3) is 2.86. The van der Waals surface area contributed by atoms with E-state index in [1.54, 1.807) is 6.92 Å². The minimum Gasteiger partial charge on any atom is -0.505 e. The second-order valence-electron chi connectivity index (χ2n) is 3.10. The number of phenolic OH excluding ortho intramolecular Hbond substituents is 1. The van der Waals surface area contributed by atoms with Crippen LogP contribution >= 0.6 is 0 Å². The Morgan fingerprint density at radius 2 is 2.06 bits per heavy atom. The van der Waals surface area contributed by atoms with Gasteiger partial charge in [-0.15, -0.1) is 0 Å². The number of carbonyl (C=O) groups is 1. The van der Waals surface area contributed by atoms with E-state index in [1.165, 1.54) is 0 Å². The molecule has 0 atom stereocenters. The summed E-state index contributed by atoms with van der Waals surface area (Å²) >= 11 is 0. The van der Waals surface area contributed by atoms with Crippen molar-refractivity contribution in [2.24, 2.45) is 0 Å². The average molecular weight is 261 g/mol. The van der Waals surface area contributed by atoms with Crippen molar-refractivity contribution in [2.75, 3.05) is 12.3 Å². The van der Waals surface area contributed by atoms with E-state index < -0.39 is 32.3 Å². The van der Waals surface area contributed by atoms with Crippen molar-refractivity contribution in [3.63, 3.8) is 0 Å². The van der Waals surface area contributed by atoms with E-state index in [0.29, 0.717) is 0 Å². The van der Waals surface area contributed by atoms with E-state index in [0.717, 1.165) is 12.1 Å². The van der Waals surface area contributed by atoms with Crippen LogP contribution in [0.2, 0.25) is 0 Å². The highest BCUT2D eigenvalue weighted by atomic mass is 32.2. The fourth-order valence-electron chi connectivity index (χ4n) is 1.14. The number of hydrogen-bond acceptors (Lipinski definition) is 6. The van der Waals surface area contributed by atoms with Crippen molar-refractivity contribution in [1.82, 2.24) is 0 Å². The number of ether oxygens (including phenoxy) is 1. The maximum Gasteiger partial charge on any atom is 0.342 e. The van der Waals surface area contributed by atoms with E-state index in [9.17, 15) is 18.3 Å². The lowest BCUT2D eigenvalue weighted by Gasteiger charge is -2.08. The molecule has 0 fully saturated rings. The van der Waals surface area contributed by atoms with Gasteiger partial charge in [-0.05, 0) is 19.1 Å². The summed E-state index contributed by atoms with van der Waals surface area (Å²) in [7, 11) is -4.51. The molecule has 8 heteroatoms. The normalized spacial score (nSPS) is 11.2. The first kappa shape index (κ1) is 13.3. The molecular formula is C9H11NO6S. The molecule has 94 valence electrons. The molecule has 0 bridgehead atoms. The van der Waals surface area contributed by atoms with Gasteiger partial charge in [0.25, 0.3) is 10.1 Å². The maximum atomic E-state index is 11.4. The Kier molecular flexibility index (Phi) is 3.59. The number of rotatable bonds is 3. The third-order valence-corrected chi connectivity index (χ3v) is 2.74. The summed E-state index contributed by atoms with van der Waals surface area (Å²) in [6, 6.07) is 1.63. The van der Waals surface area contributed by atoms with Crippen LogP contribution in [-0.2, 0) is 14.9 Å². The molecule has 0 saturated carbocycles. The van der Waals surface area contributed by atoms with Gasteiger partial charge >= 0.3 is 5.97 Å². The molecule has 17 heavy (non-hydrogen) atoms. The zero-order valence-electron chi connectivity index (χ0n) is 8.87. The first-order chi connectivity index (χ1) is 7.77. The first-order valence-electron chi connectivity index (χ1n) is 4.54. The van der Waals surface area contributed by atoms with Crippen LogP contribution in [0.3, 0.4) is 0 Å². The highest BCUT2D eigenvalue weighted by Gasteiger charge is 2.20. The zero-order valence-corrected chi connectivity index (χ0v) is 9.69. The molecule has 1 aromatic carbocycles. The number of anilines is 1. The lowest BCUT2D eigenvalue weighted by atomic mass is 10.2. The van der Waals surface area contributed by atoms with Gasteiger partial charge in [0.15, 0.2) is 5.75 Å². The molecule has 0 aliphatic heterocycles. The van der Waals surface area contributed by atoms with Crippen molar-refractivity contribution in [1.29, 1.82) is 0 Å². The largest absolute Gasteiger partial charge is 0.505 e. The minimum atomic E-state index is -4.51. The van der Waals surface area contributed by atoms with Gasteiger partial charge in [0.05, 0.1) is 17.2 Å². The topological polar surface area (TPSA) is 127 Å². The third-order valence-electron chi connectivity index (χ3n) is 1.91. The number of hydrogen-bond donors (Lipinski definition) is 3. The summed E-state index contributed by atoms with van der Waals surface area (Å²) in [5.41, 5.74) is 4.56. The lowest BCUT2D eigenvalue weighted by Crippen LogP contribution is -2.08. The van der Waals surface area contributed by atoms with Crippen molar-refractivity contribution >= 4 is 21.8 Å². The Morgan fingerprint density at radius 1 is 1.47 bits per heavy atom. The van der Waals surface area contributed by atoms with E-state index >= 15 is 0 Å². The Balaban J connectivity index is 3.40. The molecule has 0 amide bonds. The Hall–Kier alpha value is -1.80. The molecule has 0 saturated heterocycles. The van der Waals surface area contributed by atoms with Gasteiger partial charge in [0.2, 0.25) is 0 Å². The van der Waals surface area contributed by atoms with Crippen LogP contribution in [0.25, 0.3) is 0 Å². The summed E-state index contributed by atoms with van der Waals surface area (Å²) < 4.78 is 35.2. The Morgan fingerprint density at radius 3 is 2.53 bits per heavy atom. The van der Waals surface area contributed by atoms with Crippen molar-refractivity contribution in [3.8, 4) is 5.75 Å². The molecule has 0 spiro atoms. The van der Waals surface area contributed by atoms with Gasteiger partial charge in [-0.25, -0.2) is 4.79 Å². The SMILES string of the molecule is CCOC(=O)c1cc(S(=O)(=O)O)cc(N)c1O. The Bertz CT molecular complexity index is 551. The van der Waals surface area contributed by atoms with Crippen LogP contribution in [-0.4, -0.2) is 30.7 Å². The zero-order chi connectivity index (χ0) is 13.2. The van der Waals surface area contributed by atoms with Crippen LogP contribution in [0.4, 0.5) is 5.69 Å². The van der Waals surface area contributed by atoms with Crippen molar-refractivity contribution in [2.45, 2.75) is 11.8 Å². The number of esters is 1. The van der Waals surface area contributed by atoms with Gasteiger partial charge in [-0.1, -0.05) is 0 Å². The summed E-state index contributed by atoms with van der Waals surface area (Å²) in [6.45, 7) is 1.60. The summed E-state index contributed by atoms with van der Waals surface area (Å²) in [4.78, 5) is 10.8. The number of benzene rings is 1. The molecule has 0 aromatic heterocycles. The van der Waals surface area contributed by atoms with E-state index in [1.807, 2.05) is 0 Å². The quantitative estimate of drug-likeness (QED) is 0.311. The van der Waals surface area contributed by atoms with Crippen LogP contribution in [0.1, 0.15) is 17.3 Å². The smallest absolute Gasteiger partial charge is 0.342 e. The molecule has 7 nitrogen and oxygen atoms in total. The van der Waals surface area contributed by atoms with E-state index in [4.69, 9.17) is 10.3 Å². The fourth-order valence-corrected chi connectivity index (χ4v) is 1.69. The number of nitrogens with two attached hydrogens (primary N) is 1. The maximum absolute atomic E-state index is 11.4. The van der Waals surface area contributed by atoms with E-state index in [2.05, 4.69) is 4.74 Å². The molecule has 0 unspecified atom stereocenters. The number of nitrogen functional groups attached to an aromatic ring is 1. The van der Waals surface area contributed by atoms with Crippen molar-refractivity contribution in [3.05, 3.63) is 17.7 Å². The lowest BCUT2D eigenvalue weighted by molar-refractivity contribution is 0.0523. The van der Waals surface area contributed by atoms with E-state index in [-0.39, 0.29) is 12.3 Å². The predicted molar refractivity (Wildman–Crippen MR) is 58.3 cm³/mol. The van der Waals surface area contributed by atoms with Gasteiger partial charge in [0, 0.05) is 0 Å². The molecule has 0 aliphatic carbocycles. The first-order valence-corrected chi connectivity index (χ1v) is 5.98. The highest BCUT2D eigenvalue weighted by molar-refractivity contribution is 7.85. The van der Waals surface area contributed by atoms with Gasteiger partial charge in [-0.2, -0.15) is 8.42 Å². The van der Waals surface area contributed by atoms with Crippen LogP contribution < -0.4 is 5.73 Å². The predicted octanol–water partition coefficient (Wildman–Crippen LogP) is 0.398. The van der Waals surface area contributed by atoms with Crippen LogP contribution in [0, 0.1) is 0 Å². The second kappa shape index (κ2) is 4.60. The molecule has 1 rings (SSSR count). The molecule has 4 N–H and O–H groups in total. The number of carbonyl (C=O) groups excluding carboxylic acids is 1. The molecule has 0 radical (unpaired) electrons. The average Bonchev–Trinajstić information content (AvgIpc) is 2.20. The minimum absolute atomic E-state index is 0.0499. The van der Waals surface area contributed by atoms with Gasteiger partial charge in [-0.3, -0.25) is 4.55 Å². The molecular weight excluding hydrogens is 250 g/mol. The second-order valence-corrected chi connectivity index (χ2v) is 4.53. The fraction of sp³-hybridized carbons (Fsp3) is 0.222.